The van der Waals surface area contributed by atoms with E-state index in [4.69, 9.17) is 0 Å². The molecule has 2 rings (SSSR count). The van der Waals surface area contributed by atoms with Gasteiger partial charge in [-0.3, -0.25) is 0 Å². The van der Waals surface area contributed by atoms with Gasteiger partial charge in [0.1, 0.15) is 0 Å². The lowest BCUT2D eigenvalue weighted by atomic mass is 10.0. The number of piperazine rings is 1. The predicted octanol–water partition coefficient (Wildman–Crippen LogP) is 2.94. The van der Waals surface area contributed by atoms with Gasteiger partial charge in [-0.15, -0.1) is 0 Å². The molecule has 1 fully saturated rings. The second-order valence-electron chi connectivity index (χ2n) is 6.18. The van der Waals surface area contributed by atoms with Crippen LogP contribution in [0.1, 0.15) is 32.3 Å². The van der Waals surface area contributed by atoms with Crippen LogP contribution in [-0.4, -0.2) is 37.1 Å². The number of rotatable bonds is 6. The maximum Gasteiger partial charge on any atom is 0.0235 e. The van der Waals surface area contributed by atoms with E-state index >= 15 is 0 Å². The Bertz CT molecular complexity index is 348. The zero-order valence-corrected chi connectivity index (χ0v) is 12.4. The molecule has 0 amide bonds. The molecule has 1 aliphatic heterocycles. The summed E-state index contributed by atoms with van der Waals surface area (Å²) in [5.41, 5.74) is 1.45. The van der Waals surface area contributed by atoms with Crippen LogP contribution in [0, 0.1) is 5.92 Å². The van der Waals surface area contributed by atoms with Gasteiger partial charge in [0.2, 0.25) is 0 Å². The van der Waals surface area contributed by atoms with Gasteiger partial charge in [0.15, 0.2) is 0 Å². The van der Waals surface area contributed by atoms with Crippen LogP contribution >= 0.6 is 0 Å². The smallest absolute Gasteiger partial charge is 0.0235 e. The third kappa shape index (κ3) is 5.33. The van der Waals surface area contributed by atoms with Crippen molar-refractivity contribution in [3.8, 4) is 0 Å². The fourth-order valence-corrected chi connectivity index (χ4v) is 2.86. The summed E-state index contributed by atoms with van der Waals surface area (Å²) in [5, 5.41) is 3.66. The lowest BCUT2D eigenvalue weighted by molar-refractivity contribution is 0.193. The number of hydrogen-bond acceptors (Lipinski definition) is 2. The highest BCUT2D eigenvalue weighted by molar-refractivity contribution is 5.16. The maximum atomic E-state index is 3.66. The van der Waals surface area contributed by atoms with Crippen LogP contribution in [-0.2, 0) is 6.42 Å². The molecule has 0 aliphatic carbocycles. The molecule has 0 saturated carbocycles. The summed E-state index contributed by atoms with van der Waals surface area (Å²) in [6.45, 7) is 9.45. The van der Waals surface area contributed by atoms with Crippen LogP contribution in [0.25, 0.3) is 0 Å². The van der Waals surface area contributed by atoms with Gasteiger partial charge < -0.3 is 10.2 Å². The van der Waals surface area contributed by atoms with Crippen molar-refractivity contribution in [2.24, 2.45) is 5.92 Å². The Balaban J connectivity index is 1.74. The first-order valence-electron chi connectivity index (χ1n) is 7.73. The molecular formula is C17H28N2. The quantitative estimate of drug-likeness (QED) is 0.846. The van der Waals surface area contributed by atoms with E-state index in [2.05, 4.69) is 54.4 Å². The van der Waals surface area contributed by atoms with Crippen LogP contribution < -0.4 is 5.32 Å². The Morgan fingerprint density at radius 2 is 2.05 bits per heavy atom. The van der Waals surface area contributed by atoms with Crippen LogP contribution in [0.3, 0.4) is 0 Å². The van der Waals surface area contributed by atoms with Crippen LogP contribution in [0.4, 0.5) is 0 Å². The van der Waals surface area contributed by atoms with E-state index in [1.807, 2.05) is 0 Å². The molecule has 2 nitrogen and oxygen atoms in total. The molecule has 1 heterocycles. The molecular weight excluding hydrogens is 232 g/mol. The third-order valence-electron chi connectivity index (χ3n) is 3.92. The van der Waals surface area contributed by atoms with Gasteiger partial charge in [0.05, 0.1) is 0 Å². The molecule has 0 aromatic heterocycles. The van der Waals surface area contributed by atoms with Crippen LogP contribution in [0.2, 0.25) is 0 Å². The summed E-state index contributed by atoms with van der Waals surface area (Å²) in [6.07, 6.45) is 3.85. The van der Waals surface area contributed by atoms with Crippen molar-refractivity contribution in [3.63, 3.8) is 0 Å². The number of benzene rings is 1. The highest BCUT2D eigenvalue weighted by Gasteiger charge is 2.18. The summed E-state index contributed by atoms with van der Waals surface area (Å²) in [7, 11) is 0. The topological polar surface area (TPSA) is 15.3 Å². The van der Waals surface area contributed by atoms with E-state index in [9.17, 15) is 0 Å². The van der Waals surface area contributed by atoms with Gasteiger partial charge in [-0.2, -0.15) is 0 Å². The third-order valence-corrected chi connectivity index (χ3v) is 3.92. The first-order valence-corrected chi connectivity index (χ1v) is 7.73. The van der Waals surface area contributed by atoms with E-state index in [1.54, 1.807) is 0 Å². The molecule has 1 saturated heterocycles. The maximum absolute atomic E-state index is 3.66. The number of hydrogen-bond donors (Lipinski definition) is 1. The predicted molar refractivity (Wildman–Crippen MR) is 82.4 cm³/mol. The van der Waals surface area contributed by atoms with Crippen molar-refractivity contribution >= 4 is 0 Å². The monoisotopic (exact) mass is 260 g/mol. The molecule has 1 aromatic carbocycles. The van der Waals surface area contributed by atoms with Crippen molar-refractivity contribution in [3.05, 3.63) is 35.9 Å². The summed E-state index contributed by atoms with van der Waals surface area (Å²) in [6, 6.07) is 11.5. The Kier molecular flexibility index (Phi) is 5.87. The van der Waals surface area contributed by atoms with E-state index in [0.29, 0.717) is 6.04 Å². The second-order valence-corrected chi connectivity index (χ2v) is 6.18. The summed E-state index contributed by atoms with van der Waals surface area (Å²) in [4.78, 5) is 2.63. The van der Waals surface area contributed by atoms with Gasteiger partial charge in [-0.1, -0.05) is 44.2 Å². The summed E-state index contributed by atoms with van der Waals surface area (Å²) in [5.74, 6) is 0.836. The molecule has 1 unspecified atom stereocenters. The zero-order chi connectivity index (χ0) is 13.5. The van der Waals surface area contributed by atoms with Gasteiger partial charge in [0.25, 0.3) is 0 Å². The molecule has 2 heteroatoms. The van der Waals surface area contributed by atoms with Gasteiger partial charge >= 0.3 is 0 Å². The molecule has 0 spiro atoms. The first kappa shape index (κ1) is 14.5. The Labute approximate surface area is 118 Å². The number of nitrogens with zero attached hydrogens (tertiary/aromatic N) is 1. The van der Waals surface area contributed by atoms with E-state index < -0.39 is 0 Å². The largest absolute Gasteiger partial charge is 0.311 e. The van der Waals surface area contributed by atoms with E-state index in [-0.39, 0.29) is 0 Å². The van der Waals surface area contributed by atoms with Crippen LogP contribution in [0.15, 0.2) is 30.3 Å². The van der Waals surface area contributed by atoms with Crippen molar-refractivity contribution in [2.75, 3.05) is 26.2 Å². The van der Waals surface area contributed by atoms with Gasteiger partial charge in [0, 0.05) is 25.7 Å². The molecule has 0 bridgehead atoms. The molecule has 1 aromatic rings. The van der Waals surface area contributed by atoms with Crippen molar-refractivity contribution in [1.82, 2.24) is 10.2 Å². The minimum absolute atomic E-state index is 0.621. The zero-order valence-electron chi connectivity index (χ0n) is 12.4. The molecule has 0 radical (unpaired) electrons. The van der Waals surface area contributed by atoms with E-state index in [1.165, 1.54) is 38.0 Å². The Morgan fingerprint density at radius 1 is 1.26 bits per heavy atom. The van der Waals surface area contributed by atoms with Gasteiger partial charge in [-0.05, 0) is 37.3 Å². The summed E-state index contributed by atoms with van der Waals surface area (Å²) >= 11 is 0. The van der Waals surface area contributed by atoms with Crippen molar-refractivity contribution in [2.45, 2.75) is 39.2 Å². The van der Waals surface area contributed by atoms with Gasteiger partial charge in [-0.25, -0.2) is 0 Å². The number of nitrogens with one attached hydrogen (secondary N) is 1. The molecule has 106 valence electrons. The average Bonchev–Trinajstić information content (AvgIpc) is 2.40. The first-order chi connectivity index (χ1) is 9.24. The fourth-order valence-electron chi connectivity index (χ4n) is 2.86. The second kappa shape index (κ2) is 7.66. The lowest BCUT2D eigenvalue weighted by Crippen LogP contribution is -2.51. The average molecular weight is 260 g/mol. The van der Waals surface area contributed by atoms with Crippen molar-refractivity contribution < 1.29 is 0 Å². The Morgan fingerprint density at radius 3 is 2.79 bits per heavy atom. The highest BCUT2D eigenvalue weighted by atomic mass is 15.2. The van der Waals surface area contributed by atoms with Crippen molar-refractivity contribution in [1.29, 1.82) is 0 Å². The lowest BCUT2D eigenvalue weighted by Gasteiger charge is -2.34. The molecule has 1 aliphatic rings. The SMILES string of the molecule is CC(C)CCCN1CCNC(Cc2ccccc2)C1. The highest BCUT2D eigenvalue weighted by Crippen LogP contribution is 2.10. The molecule has 1 N–H and O–H groups in total. The standard InChI is InChI=1S/C17H28N2/c1-15(2)7-6-11-19-12-10-18-17(14-19)13-16-8-4-3-5-9-16/h3-5,8-9,15,17-18H,6-7,10-14H2,1-2H3. The minimum atomic E-state index is 0.621. The summed E-state index contributed by atoms with van der Waals surface area (Å²) < 4.78 is 0. The molecule has 19 heavy (non-hydrogen) atoms. The fraction of sp³-hybridized carbons (Fsp3) is 0.647. The minimum Gasteiger partial charge on any atom is -0.311 e. The normalized spacial score (nSPS) is 20.9. The molecule has 1 atom stereocenters. The van der Waals surface area contributed by atoms with Crippen LogP contribution in [0.5, 0.6) is 0 Å². The van der Waals surface area contributed by atoms with E-state index in [0.717, 1.165) is 18.9 Å². The Hall–Kier alpha value is -0.860.